The summed E-state index contributed by atoms with van der Waals surface area (Å²) in [6.45, 7) is 14.0. The first kappa shape index (κ1) is 86.1. The van der Waals surface area contributed by atoms with Crippen molar-refractivity contribution >= 4 is 39.5 Å². The number of phosphoric ester groups is 2. The number of phosphoric acid groups is 2. The lowest BCUT2D eigenvalue weighted by Gasteiger charge is -2.21. The number of carbonyl (C=O) groups excluding carboxylic acids is 4. The minimum absolute atomic E-state index is 0.102. The normalized spacial score (nSPS) is 14.6. The van der Waals surface area contributed by atoms with E-state index >= 15 is 0 Å². The van der Waals surface area contributed by atoms with Crippen LogP contribution in [0.25, 0.3) is 0 Å². The van der Waals surface area contributed by atoms with Crippen LogP contribution >= 0.6 is 15.6 Å². The van der Waals surface area contributed by atoms with E-state index in [9.17, 15) is 43.2 Å². The topological polar surface area (TPSA) is 237 Å². The lowest BCUT2D eigenvalue weighted by atomic mass is 9.99. The molecule has 3 N–H and O–H groups in total. The molecule has 0 rings (SSSR count). The molecule has 0 radical (unpaired) electrons. The molecule has 0 aliphatic carbocycles. The van der Waals surface area contributed by atoms with E-state index in [1.165, 1.54) is 135 Å². The molecule has 522 valence electrons. The van der Waals surface area contributed by atoms with Crippen molar-refractivity contribution in [1.82, 2.24) is 0 Å². The Morgan fingerprint density at radius 1 is 0.318 bits per heavy atom. The van der Waals surface area contributed by atoms with Gasteiger partial charge in [-0.2, -0.15) is 0 Å². The molecule has 0 amide bonds. The van der Waals surface area contributed by atoms with Gasteiger partial charge in [0.05, 0.1) is 26.4 Å². The van der Waals surface area contributed by atoms with Gasteiger partial charge in [-0.1, -0.05) is 287 Å². The molecule has 0 saturated heterocycles. The number of aliphatic hydroxyl groups is 1. The summed E-state index contributed by atoms with van der Waals surface area (Å²) < 4.78 is 68.2. The Labute approximate surface area is 537 Å². The summed E-state index contributed by atoms with van der Waals surface area (Å²) in [6.07, 6.45) is 40.4. The number of hydrogen-bond donors (Lipinski definition) is 3. The van der Waals surface area contributed by atoms with Crippen molar-refractivity contribution < 1.29 is 80.2 Å². The van der Waals surface area contributed by atoms with E-state index in [2.05, 4.69) is 55.4 Å². The number of carbonyl (C=O) groups is 4. The van der Waals surface area contributed by atoms with Crippen LogP contribution in [0.2, 0.25) is 0 Å². The molecule has 88 heavy (non-hydrogen) atoms. The molecule has 17 nitrogen and oxygen atoms in total. The molecular formula is C69H134O17P2. The van der Waals surface area contributed by atoms with Crippen molar-refractivity contribution in [1.29, 1.82) is 0 Å². The maximum absolute atomic E-state index is 13.0. The van der Waals surface area contributed by atoms with Gasteiger partial charge in [-0.25, -0.2) is 9.13 Å². The lowest BCUT2D eigenvalue weighted by molar-refractivity contribution is -0.161. The SMILES string of the molecule is CCC(C)CCCCCCCCCCC(=O)O[C@H](COC(=O)CCCCCCCCCCCCCCCC(C)C)COP(=O)(O)OCC(O)COP(=O)(O)OC[C@@H](COC(=O)CCCCCCCCCC(C)C)OC(=O)CCCCCCCCCC(C)C. The lowest BCUT2D eigenvalue weighted by Crippen LogP contribution is -2.30. The molecule has 0 saturated carbocycles. The first-order valence-electron chi connectivity index (χ1n) is 35.7. The van der Waals surface area contributed by atoms with Crippen molar-refractivity contribution in [3.8, 4) is 0 Å². The Morgan fingerprint density at radius 2 is 0.545 bits per heavy atom. The highest BCUT2D eigenvalue weighted by molar-refractivity contribution is 7.47. The number of aliphatic hydroxyl groups excluding tert-OH is 1. The number of hydrogen-bond acceptors (Lipinski definition) is 15. The van der Waals surface area contributed by atoms with Crippen LogP contribution in [0.15, 0.2) is 0 Å². The summed E-state index contributed by atoms with van der Waals surface area (Å²) in [5, 5.41) is 10.6. The summed E-state index contributed by atoms with van der Waals surface area (Å²) >= 11 is 0. The van der Waals surface area contributed by atoms with Crippen molar-refractivity contribution in [2.24, 2.45) is 23.7 Å². The van der Waals surface area contributed by atoms with Crippen LogP contribution in [0, 0.1) is 23.7 Å². The maximum atomic E-state index is 13.0. The molecule has 0 fully saturated rings. The molecule has 0 aromatic carbocycles. The van der Waals surface area contributed by atoms with Gasteiger partial charge in [0.1, 0.15) is 19.3 Å². The Morgan fingerprint density at radius 3 is 0.807 bits per heavy atom. The molecule has 19 heteroatoms. The van der Waals surface area contributed by atoms with Crippen LogP contribution in [0.1, 0.15) is 338 Å². The Balaban J connectivity index is 5.23. The molecule has 0 aromatic rings. The number of ether oxygens (including phenoxy) is 4. The van der Waals surface area contributed by atoms with Crippen molar-refractivity contribution in [3.05, 3.63) is 0 Å². The first-order valence-corrected chi connectivity index (χ1v) is 38.7. The van der Waals surface area contributed by atoms with Gasteiger partial charge in [-0.15, -0.1) is 0 Å². The van der Waals surface area contributed by atoms with Gasteiger partial charge in [-0.05, 0) is 49.4 Å². The predicted molar refractivity (Wildman–Crippen MR) is 354 cm³/mol. The van der Waals surface area contributed by atoms with E-state index in [0.29, 0.717) is 37.5 Å². The third-order valence-corrected chi connectivity index (χ3v) is 18.1. The second kappa shape index (κ2) is 58.8. The van der Waals surface area contributed by atoms with Crippen LogP contribution in [0.5, 0.6) is 0 Å². The van der Waals surface area contributed by atoms with Crippen LogP contribution in [0.4, 0.5) is 0 Å². The standard InChI is InChI=1S/C69H134O17P2/c1-9-62(8)48-40-32-24-17-18-26-35-43-51-68(73)85-64(55-79-66(71)49-41-33-25-16-14-12-10-11-13-15-21-29-37-45-59(2)3)57-83-87(75,76)81-53-63(70)54-82-88(77,78)84-58-65(86-69(74)52-44-36-28-20-23-31-39-47-61(6)7)56-80-67(72)50-42-34-27-19-22-30-38-46-60(4)5/h59-65,70H,9-58H2,1-8H3,(H,75,76)(H,77,78)/t62?,63?,64-,65-/m1/s1. The predicted octanol–water partition coefficient (Wildman–Crippen LogP) is 19.3. The zero-order valence-electron chi connectivity index (χ0n) is 57.3. The average molecular weight is 1300 g/mol. The van der Waals surface area contributed by atoms with E-state index in [0.717, 1.165) is 108 Å². The fourth-order valence-corrected chi connectivity index (χ4v) is 11.9. The Hall–Kier alpha value is -1.94. The summed E-state index contributed by atoms with van der Waals surface area (Å²) in [4.78, 5) is 72.4. The molecule has 0 spiro atoms. The number of rotatable bonds is 66. The van der Waals surface area contributed by atoms with Gasteiger partial charge < -0.3 is 33.8 Å². The molecule has 0 aliphatic rings. The fourth-order valence-electron chi connectivity index (χ4n) is 10.3. The summed E-state index contributed by atoms with van der Waals surface area (Å²) in [5.41, 5.74) is 0. The van der Waals surface area contributed by atoms with E-state index in [-0.39, 0.29) is 25.7 Å². The Bertz CT molecular complexity index is 1750. The summed E-state index contributed by atoms with van der Waals surface area (Å²) in [6, 6.07) is 0. The third-order valence-electron chi connectivity index (χ3n) is 16.2. The molecular weight excluding hydrogens is 1160 g/mol. The van der Waals surface area contributed by atoms with Crippen LogP contribution < -0.4 is 0 Å². The molecule has 0 heterocycles. The van der Waals surface area contributed by atoms with E-state index in [1.807, 2.05) is 0 Å². The van der Waals surface area contributed by atoms with Crippen LogP contribution in [0.3, 0.4) is 0 Å². The zero-order chi connectivity index (χ0) is 65.4. The summed E-state index contributed by atoms with van der Waals surface area (Å²) in [5.74, 6) is 0.827. The van der Waals surface area contributed by atoms with Gasteiger partial charge in [0.15, 0.2) is 12.2 Å². The first-order chi connectivity index (χ1) is 42.1. The minimum Gasteiger partial charge on any atom is -0.462 e. The van der Waals surface area contributed by atoms with Crippen LogP contribution in [-0.4, -0.2) is 96.7 Å². The molecule has 0 aliphatic heterocycles. The second-order valence-electron chi connectivity index (χ2n) is 26.6. The second-order valence-corrected chi connectivity index (χ2v) is 29.5. The van der Waals surface area contributed by atoms with E-state index < -0.39 is 97.5 Å². The van der Waals surface area contributed by atoms with Gasteiger partial charge in [0.2, 0.25) is 0 Å². The monoisotopic (exact) mass is 1300 g/mol. The highest BCUT2D eigenvalue weighted by Gasteiger charge is 2.30. The van der Waals surface area contributed by atoms with E-state index in [1.54, 1.807) is 0 Å². The maximum Gasteiger partial charge on any atom is 0.472 e. The zero-order valence-corrected chi connectivity index (χ0v) is 59.1. The quantitative estimate of drug-likeness (QED) is 0.0222. The smallest absolute Gasteiger partial charge is 0.462 e. The Kier molecular flexibility index (Phi) is 57.6. The van der Waals surface area contributed by atoms with Gasteiger partial charge in [-0.3, -0.25) is 37.3 Å². The minimum atomic E-state index is -4.95. The highest BCUT2D eigenvalue weighted by atomic mass is 31.2. The van der Waals surface area contributed by atoms with Crippen molar-refractivity contribution in [2.75, 3.05) is 39.6 Å². The number of unbranched alkanes of at least 4 members (excludes halogenated alkanes) is 31. The largest absolute Gasteiger partial charge is 0.472 e. The van der Waals surface area contributed by atoms with Crippen LogP contribution in [-0.2, 0) is 65.4 Å². The molecule has 4 unspecified atom stereocenters. The highest BCUT2D eigenvalue weighted by Crippen LogP contribution is 2.45. The third kappa shape index (κ3) is 61.6. The van der Waals surface area contributed by atoms with Crippen molar-refractivity contribution in [3.63, 3.8) is 0 Å². The molecule has 0 aromatic heterocycles. The van der Waals surface area contributed by atoms with Gasteiger partial charge in [0.25, 0.3) is 0 Å². The van der Waals surface area contributed by atoms with Gasteiger partial charge in [0, 0.05) is 25.7 Å². The fraction of sp³-hybridized carbons (Fsp3) is 0.942. The molecule has 6 atom stereocenters. The number of esters is 4. The summed E-state index contributed by atoms with van der Waals surface area (Å²) in [7, 11) is -9.90. The average Bonchev–Trinajstić information content (AvgIpc) is 3.61. The van der Waals surface area contributed by atoms with Crippen molar-refractivity contribution in [2.45, 2.75) is 356 Å². The van der Waals surface area contributed by atoms with E-state index in [4.69, 9.17) is 37.0 Å². The molecule has 0 bridgehead atoms. The van der Waals surface area contributed by atoms with Gasteiger partial charge >= 0.3 is 39.5 Å².